The van der Waals surface area contributed by atoms with Crippen LogP contribution >= 0.6 is 0 Å². The van der Waals surface area contributed by atoms with Gasteiger partial charge in [-0.2, -0.15) is 0 Å². The van der Waals surface area contributed by atoms with Gasteiger partial charge in [0.05, 0.1) is 44.8 Å². The molecule has 4 aliphatic heterocycles. The van der Waals surface area contributed by atoms with Crippen molar-refractivity contribution in [3.05, 3.63) is 351 Å². The van der Waals surface area contributed by atoms with E-state index in [4.69, 9.17) is 0 Å². The van der Waals surface area contributed by atoms with Crippen molar-refractivity contribution in [1.29, 1.82) is 0 Å². The van der Waals surface area contributed by atoms with Crippen LogP contribution in [0, 0.1) is 11.6 Å². The van der Waals surface area contributed by atoms with Crippen LogP contribution < -0.4 is 52.4 Å². The summed E-state index contributed by atoms with van der Waals surface area (Å²) in [6.45, 7) is -0.695. The second kappa shape index (κ2) is 21.8. The standard InChI is InChI=1S/C90H56B2F2N6/c93-73-37-17-23-43-79(73)99-77-41-21-15-35-69(77)91-71-55-72-84(56-83(71)95(61-29-9-3-10-30-61)85-51-63(53-87(99)89(85)91)97-75-39-19-13-33-65(75)67-47-45-59(49-81(67)97)57-25-5-1-6-26-57)96(62-31-11-4-12-32-62)86-52-64(54-88-90(86)92(72)70-36-16-22-42-78(70)100(88)80-44-24-18-38-74(80)94)98-76-40-20-14-34-66(76)68-48-46-60(50-82(68)98)58-27-7-2-8-28-58/h1-56H. The molecule has 4 aliphatic rings. The topological polar surface area (TPSA) is 22.8 Å². The van der Waals surface area contributed by atoms with E-state index in [-0.39, 0.29) is 25.1 Å². The molecule has 15 aromatic carbocycles. The maximum atomic E-state index is 17.4. The number of aromatic nitrogens is 2. The summed E-state index contributed by atoms with van der Waals surface area (Å²) in [5, 5.41) is 4.55. The van der Waals surface area contributed by atoms with E-state index in [1.165, 1.54) is 0 Å². The zero-order valence-corrected chi connectivity index (χ0v) is 53.9. The lowest BCUT2D eigenvalue weighted by Crippen LogP contribution is -2.65. The van der Waals surface area contributed by atoms with Crippen LogP contribution in [0.3, 0.4) is 0 Å². The molecule has 2 aromatic heterocycles. The van der Waals surface area contributed by atoms with Crippen LogP contribution in [0.25, 0.3) is 77.2 Å². The summed E-state index contributed by atoms with van der Waals surface area (Å²) in [6.07, 6.45) is 0. The molecular formula is C90H56B2F2N6. The SMILES string of the molecule is Fc1ccccc1N1c2ccccc2B2c3cc4c(cc3N(c3ccccc3)c3cc(-n5c6ccccc6c6ccc(-c7ccccc7)cc65)cc1c32)N(c1ccccc1)c1cc(-n2c3ccccc3c3ccc(-c5ccccc5)cc32)cc2c1B4c1ccccc1N2c1ccccc1F. The summed E-state index contributed by atoms with van der Waals surface area (Å²) >= 11 is 0. The van der Waals surface area contributed by atoms with Crippen molar-refractivity contribution >= 4 is 158 Å². The lowest BCUT2D eigenvalue weighted by molar-refractivity contribution is 0.628. The maximum absolute atomic E-state index is 17.4. The largest absolute Gasteiger partial charge is 0.311 e. The number of rotatable bonds is 8. The minimum atomic E-state index is -0.348. The van der Waals surface area contributed by atoms with Crippen LogP contribution in [-0.2, 0) is 0 Å². The van der Waals surface area contributed by atoms with Gasteiger partial charge in [0.15, 0.2) is 0 Å². The number of nitrogens with zero attached hydrogens (tertiary/aromatic N) is 6. The molecule has 0 radical (unpaired) electrons. The van der Waals surface area contributed by atoms with Crippen LogP contribution in [0.5, 0.6) is 0 Å². The Kier molecular flexibility index (Phi) is 12.3. The van der Waals surface area contributed by atoms with E-state index >= 15 is 8.78 Å². The van der Waals surface area contributed by atoms with Gasteiger partial charge in [-0.15, -0.1) is 0 Å². The Morgan fingerprint density at radius 3 is 0.960 bits per heavy atom. The van der Waals surface area contributed by atoms with Crippen LogP contribution in [0.15, 0.2) is 340 Å². The smallest absolute Gasteiger partial charge is 0.252 e. The second-order valence-corrected chi connectivity index (χ2v) is 26.6. The van der Waals surface area contributed by atoms with Crippen molar-refractivity contribution in [2.45, 2.75) is 0 Å². The predicted octanol–water partition coefficient (Wildman–Crippen LogP) is 19.7. The van der Waals surface area contributed by atoms with E-state index in [0.29, 0.717) is 11.4 Å². The first kappa shape index (κ1) is 56.3. The fourth-order valence-corrected chi connectivity index (χ4v) is 17.2. The van der Waals surface area contributed by atoms with Crippen molar-refractivity contribution in [3.8, 4) is 33.6 Å². The van der Waals surface area contributed by atoms with Gasteiger partial charge >= 0.3 is 0 Å². The number of anilines is 12. The third-order valence-corrected chi connectivity index (χ3v) is 21.3. The highest BCUT2D eigenvalue weighted by Gasteiger charge is 2.49. The molecule has 6 heterocycles. The lowest BCUT2D eigenvalue weighted by atomic mass is 9.30. The molecule has 100 heavy (non-hydrogen) atoms. The molecule has 0 spiro atoms. The van der Waals surface area contributed by atoms with Crippen LogP contribution in [-0.4, -0.2) is 22.6 Å². The fraction of sp³-hybridized carbons (Fsp3) is 0. The van der Waals surface area contributed by atoms with Gasteiger partial charge < -0.3 is 28.7 Å². The fourth-order valence-electron chi connectivity index (χ4n) is 17.2. The van der Waals surface area contributed by atoms with Crippen molar-refractivity contribution < 1.29 is 8.78 Å². The van der Waals surface area contributed by atoms with Gasteiger partial charge in [0.1, 0.15) is 11.6 Å². The number of para-hydroxylation sites is 8. The molecule has 0 saturated carbocycles. The van der Waals surface area contributed by atoms with Crippen molar-refractivity contribution in [2.24, 2.45) is 0 Å². The summed E-state index contributed by atoms with van der Waals surface area (Å²) in [5.41, 5.74) is 27.5. The Morgan fingerprint density at radius 1 is 0.200 bits per heavy atom. The molecule has 0 atom stereocenters. The van der Waals surface area contributed by atoms with E-state index in [0.717, 1.165) is 167 Å². The minimum absolute atomic E-state index is 0.321. The number of benzene rings is 15. The van der Waals surface area contributed by atoms with Gasteiger partial charge in [-0.3, -0.25) is 0 Å². The van der Waals surface area contributed by atoms with Crippen molar-refractivity contribution in [3.63, 3.8) is 0 Å². The molecule has 0 unspecified atom stereocenters. The average molecular weight is 1280 g/mol. The third kappa shape index (κ3) is 8.19. The first-order valence-electron chi connectivity index (χ1n) is 34.2. The second-order valence-electron chi connectivity index (χ2n) is 26.6. The molecule has 0 saturated heterocycles. The highest BCUT2D eigenvalue weighted by Crippen LogP contribution is 2.52. The number of fused-ring (bicyclic) bond motifs is 14. The molecule has 0 fully saturated rings. The van der Waals surface area contributed by atoms with E-state index < -0.39 is 0 Å². The number of hydrogen-bond acceptors (Lipinski definition) is 4. The van der Waals surface area contributed by atoms with Crippen molar-refractivity contribution in [1.82, 2.24) is 9.13 Å². The number of halogens is 2. The average Bonchev–Trinajstić information content (AvgIpc) is 0.751. The molecule has 466 valence electrons. The zero-order valence-electron chi connectivity index (χ0n) is 53.9. The Morgan fingerprint density at radius 2 is 0.540 bits per heavy atom. The van der Waals surface area contributed by atoms with Crippen molar-refractivity contribution in [2.75, 3.05) is 19.6 Å². The molecule has 0 N–H and O–H groups in total. The molecule has 0 bridgehead atoms. The quantitative estimate of drug-likeness (QED) is 0.141. The highest BCUT2D eigenvalue weighted by atomic mass is 19.1. The zero-order chi connectivity index (χ0) is 65.8. The Hall–Kier alpha value is -12.9. The molecule has 17 aromatic rings. The Balaban J connectivity index is 0.884. The van der Waals surface area contributed by atoms with Gasteiger partial charge in [-0.25, -0.2) is 8.78 Å². The van der Waals surface area contributed by atoms with Gasteiger partial charge in [0, 0.05) is 78.4 Å². The summed E-state index contributed by atoms with van der Waals surface area (Å²) < 4.78 is 39.5. The summed E-state index contributed by atoms with van der Waals surface area (Å²) in [4.78, 5) is 9.29. The molecular weight excluding hydrogens is 1220 g/mol. The number of hydrogen-bond donors (Lipinski definition) is 0. The highest BCUT2D eigenvalue weighted by molar-refractivity contribution is 7.03. The Bertz CT molecular complexity index is 5880. The first-order valence-corrected chi connectivity index (χ1v) is 34.2. The van der Waals surface area contributed by atoms with E-state index in [1.807, 2.05) is 24.3 Å². The first-order chi connectivity index (χ1) is 49.5. The van der Waals surface area contributed by atoms with E-state index in [1.54, 1.807) is 24.3 Å². The summed E-state index contributed by atoms with van der Waals surface area (Å²) in [5.74, 6) is -0.642. The molecule has 21 rings (SSSR count). The van der Waals surface area contributed by atoms with E-state index in [2.05, 4.69) is 320 Å². The van der Waals surface area contributed by atoms with Crippen LogP contribution in [0.1, 0.15) is 0 Å². The monoisotopic (exact) mass is 1280 g/mol. The van der Waals surface area contributed by atoms with Gasteiger partial charge in [-0.05, 0) is 170 Å². The minimum Gasteiger partial charge on any atom is -0.311 e. The van der Waals surface area contributed by atoms with E-state index in [9.17, 15) is 0 Å². The van der Waals surface area contributed by atoms with Crippen LogP contribution in [0.2, 0.25) is 0 Å². The molecule has 10 heteroatoms. The van der Waals surface area contributed by atoms with Gasteiger partial charge in [0.2, 0.25) is 0 Å². The van der Waals surface area contributed by atoms with Gasteiger partial charge in [-0.1, -0.05) is 224 Å². The molecule has 0 aliphatic carbocycles. The maximum Gasteiger partial charge on any atom is 0.252 e. The normalized spacial score (nSPS) is 13.2. The summed E-state index contributed by atoms with van der Waals surface area (Å²) in [6, 6.07) is 120. The molecule has 6 nitrogen and oxygen atoms in total. The van der Waals surface area contributed by atoms with Crippen LogP contribution in [0.4, 0.5) is 77.0 Å². The lowest BCUT2D eigenvalue weighted by Gasteiger charge is -2.47. The Labute approximate surface area is 577 Å². The summed E-state index contributed by atoms with van der Waals surface area (Å²) in [7, 11) is 0. The predicted molar refractivity (Wildman–Crippen MR) is 414 cm³/mol. The molecule has 0 amide bonds. The third-order valence-electron chi connectivity index (χ3n) is 21.3. The van der Waals surface area contributed by atoms with Gasteiger partial charge in [0.25, 0.3) is 13.4 Å².